The van der Waals surface area contributed by atoms with Crippen LogP contribution in [0, 0.1) is 0 Å². The zero-order valence-corrected chi connectivity index (χ0v) is 20.9. The molecule has 178 valence electrons. The van der Waals surface area contributed by atoms with E-state index in [1.54, 1.807) is 0 Å². The van der Waals surface area contributed by atoms with Gasteiger partial charge in [0.1, 0.15) is 5.75 Å². The van der Waals surface area contributed by atoms with Gasteiger partial charge in [-0.2, -0.15) is 0 Å². The predicted molar refractivity (Wildman–Crippen MR) is 134 cm³/mol. The van der Waals surface area contributed by atoms with Crippen molar-refractivity contribution in [1.29, 1.82) is 0 Å². The van der Waals surface area contributed by atoms with Gasteiger partial charge >= 0.3 is 0 Å². The van der Waals surface area contributed by atoms with E-state index in [2.05, 4.69) is 39.1 Å². The van der Waals surface area contributed by atoms with Crippen molar-refractivity contribution in [2.75, 3.05) is 13.2 Å². The highest BCUT2D eigenvalue weighted by molar-refractivity contribution is 5.77. The molecule has 31 heavy (non-hydrogen) atoms. The lowest BCUT2D eigenvalue weighted by Gasteiger charge is -2.22. The van der Waals surface area contributed by atoms with E-state index in [9.17, 15) is 4.79 Å². The summed E-state index contributed by atoms with van der Waals surface area (Å²) in [6.45, 7) is 9.59. The Morgan fingerprint density at radius 1 is 0.774 bits per heavy atom. The Balaban J connectivity index is 1.95. The van der Waals surface area contributed by atoms with E-state index < -0.39 is 0 Å². The molecule has 0 aliphatic rings. The first kappa shape index (κ1) is 27.5. The molecule has 3 heteroatoms. The summed E-state index contributed by atoms with van der Waals surface area (Å²) in [5.74, 6) is 0.778. The lowest BCUT2D eigenvalue weighted by atomic mass is 9.86. The molecule has 1 aromatic rings. The second kappa shape index (κ2) is 17.1. The van der Waals surface area contributed by atoms with E-state index in [1.165, 1.54) is 83.5 Å². The maximum Gasteiger partial charge on any atom is 0.257 e. The standard InChI is InChI=1S/C28H49NO2/c1-5-6-7-8-9-10-11-12-13-14-15-16-17-20-23-29-27(30)24-31-26-22-19-18-21-25(26)28(2,3)4/h18-19,21-22H,5-17,20,23-24H2,1-4H3,(H,29,30). The monoisotopic (exact) mass is 431 g/mol. The van der Waals surface area contributed by atoms with Crippen LogP contribution in [0.4, 0.5) is 0 Å². The maximum atomic E-state index is 12.1. The van der Waals surface area contributed by atoms with Crippen LogP contribution < -0.4 is 10.1 Å². The van der Waals surface area contributed by atoms with E-state index in [4.69, 9.17) is 4.74 Å². The molecule has 0 fully saturated rings. The van der Waals surface area contributed by atoms with Gasteiger partial charge in [0.15, 0.2) is 6.61 Å². The van der Waals surface area contributed by atoms with Crippen molar-refractivity contribution in [3.63, 3.8) is 0 Å². The van der Waals surface area contributed by atoms with Crippen molar-refractivity contribution < 1.29 is 9.53 Å². The van der Waals surface area contributed by atoms with Crippen molar-refractivity contribution in [2.24, 2.45) is 0 Å². The quantitative estimate of drug-likeness (QED) is 0.239. The number of hydrogen-bond donors (Lipinski definition) is 1. The number of ether oxygens (including phenoxy) is 1. The van der Waals surface area contributed by atoms with Crippen LogP contribution in [0.15, 0.2) is 24.3 Å². The van der Waals surface area contributed by atoms with Crippen LogP contribution in [0.3, 0.4) is 0 Å². The second-order valence-electron chi connectivity index (χ2n) is 9.98. The minimum Gasteiger partial charge on any atom is -0.483 e. The number of para-hydroxylation sites is 1. The molecule has 0 aliphatic carbocycles. The molecule has 0 aromatic heterocycles. The van der Waals surface area contributed by atoms with Crippen LogP contribution in [0.25, 0.3) is 0 Å². The lowest BCUT2D eigenvalue weighted by molar-refractivity contribution is -0.123. The molecule has 0 atom stereocenters. The highest BCUT2D eigenvalue weighted by Gasteiger charge is 2.18. The van der Waals surface area contributed by atoms with E-state index in [1.807, 2.05) is 18.2 Å². The Morgan fingerprint density at radius 2 is 1.26 bits per heavy atom. The summed E-state index contributed by atoms with van der Waals surface area (Å²) < 4.78 is 5.79. The van der Waals surface area contributed by atoms with E-state index in [0.717, 1.165) is 24.3 Å². The first-order valence-corrected chi connectivity index (χ1v) is 12.9. The zero-order chi connectivity index (χ0) is 22.8. The number of amides is 1. The first-order chi connectivity index (χ1) is 14.9. The summed E-state index contributed by atoms with van der Waals surface area (Å²) in [4.78, 5) is 12.1. The van der Waals surface area contributed by atoms with Crippen molar-refractivity contribution in [3.8, 4) is 5.75 Å². The van der Waals surface area contributed by atoms with Gasteiger partial charge in [-0.25, -0.2) is 0 Å². The number of carbonyl (C=O) groups is 1. The Kier molecular flexibility index (Phi) is 15.2. The van der Waals surface area contributed by atoms with Crippen molar-refractivity contribution >= 4 is 5.91 Å². The summed E-state index contributed by atoms with van der Waals surface area (Å²) in [6, 6.07) is 7.99. The average Bonchev–Trinajstić information content (AvgIpc) is 2.74. The molecule has 0 heterocycles. The van der Waals surface area contributed by atoms with Crippen LogP contribution in [0.2, 0.25) is 0 Å². The van der Waals surface area contributed by atoms with Crippen LogP contribution >= 0.6 is 0 Å². The van der Waals surface area contributed by atoms with Crippen LogP contribution in [0.5, 0.6) is 5.75 Å². The molecule has 1 amide bonds. The largest absolute Gasteiger partial charge is 0.483 e. The van der Waals surface area contributed by atoms with Crippen LogP contribution in [-0.4, -0.2) is 19.1 Å². The van der Waals surface area contributed by atoms with Gasteiger partial charge in [0.05, 0.1) is 0 Å². The molecule has 0 bridgehead atoms. The fourth-order valence-corrected chi connectivity index (χ4v) is 3.95. The zero-order valence-electron chi connectivity index (χ0n) is 20.9. The van der Waals surface area contributed by atoms with Gasteiger partial charge < -0.3 is 10.1 Å². The first-order valence-electron chi connectivity index (χ1n) is 12.9. The Bertz CT molecular complexity index is 577. The fraction of sp³-hybridized carbons (Fsp3) is 0.750. The molecule has 0 aliphatic heterocycles. The van der Waals surface area contributed by atoms with Crippen molar-refractivity contribution in [2.45, 2.75) is 123 Å². The molecular formula is C28H49NO2. The van der Waals surface area contributed by atoms with Crippen molar-refractivity contribution in [3.05, 3.63) is 29.8 Å². The van der Waals surface area contributed by atoms with Gasteiger partial charge in [0, 0.05) is 6.54 Å². The van der Waals surface area contributed by atoms with Gasteiger partial charge in [-0.15, -0.1) is 0 Å². The number of benzene rings is 1. The minimum absolute atomic E-state index is 0.00130. The number of nitrogens with one attached hydrogen (secondary N) is 1. The predicted octanol–water partition coefficient (Wildman–Crippen LogP) is 7.96. The molecule has 1 aromatic carbocycles. The summed E-state index contributed by atoms with van der Waals surface area (Å²) >= 11 is 0. The van der Waals surface area contributed by atoms with E-state index in [0.29, 0.717) is 0 Å². The van der Waals surface area contributed by atoms with Crippen LogP contribution in [0.1, 0.15) is 123 Å². The maximum absolute atomic E-state index is 12.1. The molecule has 0 spiro atoms. The van der Waals surface area contributed by atoms with Crippen LogP contribution in [-0.2, 0) is 10.2 Å². The minimum atomic E-state index is -0.0293. The van der Waals surface area contributed by atoms with Gasteiger partial charge in [0.2, 0.25) is 0 Å². The number of carbonyl (C=O) groups excluding carboxylic acids is 1. The SMILES string of the molecule is CCCCCCCCCCCCCCCCNC(=O)COc1ccccc1C(C)(C)C. The molecule has 0 unspecified atom stereocenters. The van der Waals surface area contributed by atoms with Gasteiger partial charge in [0.25, 0.3) is 5.91 Å². The van der Waals surface area contributed by atoms with Crippen molar-refractivity contribution in [1.82, 2.24) is 5.32 Å². The number of rotatable bonds is 18. The molecule has 0 saturated carbocycles. The third-order valence-electron chi connectivity index (χ3n) is 5.91. The molecule has 1 rings (SSSR count). The van der Waals surface area contributed by atoms with E-state index in [-0.39, 0.29) is 17.9 Å². The third-order valence-corrected chi connectivity index (χ3v) is 5.91. The Hall–Kier alpha value is -1.51. The number of hydrogen-bond acceptors (Lipinski definition) is 2. The molecule has 1 N–H and O–H groups in total. The summed E-state index contributed by atoms with van der Waals surface area (Å²) in [6.07, 6.45) is 18.9. The van der Waals surface area contributed by atoms with Gasteiger partial charge in [-0.1, -0.05) is 129 Å². The topological polar surface area (TPSA) is 38.3 Å². The normalized spacial score (nSPS) is 11.5. The smallest absolute Gasteiger partial charge is 0.257 e. The second-order valence-corrected chi connectivity index (χ2v) is 9.98. The molecule has 0 radical (unpaired) electrons. The Morgan fingerprint density at radius 3 is 1.77 bits per heavy atom. The van der Waals surface area contributed by atoms with E-state index >= 15 is 0 Å². The molecular weight excluding hydrogens is 382 g/mol. The number of unbranched alkanes of at least 4 members (excludes halogenated alkanes) is 13. The summed E-state index contributed by atoms with van der Waals surface area (Å²) in [7, 11) is 0. The summed E-state index contributed by atoms with van der Waals surface area (Å²) in [5, 5.41) is 2.99. The molecule has 0 saturated heterocycles. The lowest BCUT2D eigenvalue weighted by Crippen LogP contribution is -2.30. The van der Waals surface area contributed by atoms with Gasteiger partial charge in [-0.3, -0.25) is 4.79 Å². The fourth-order valence-electron chi connectivity index (χ4n) is 3.95. The third kappa shape index (κ3) is 14.2. The summed E-state index contributed by atoms with van der Waals surface area (Å²) in [5.41, 5.74) is 1.14. The van der Waals surface area contributed by atoms with Gasteiger partial charge in [-0.05, 0) is 23.5 Å². The molecule has 3 nitrogen and oxygen atoms in total. The highest BCUT2D eigenvalue weighted by atomic mass is 16.5. The highest BCUT2D eigenvalue weighted by Crippen LogP contribution is 2.30. The Labute approximate surface area is 192 Å². The average molecular weight is 432 g/mol.